The van der Waals surface area contributed by atoms with Crippen LogP contribution in [0.2, 0.25) is 0 Å². The minimum Gasteiger partial charge on any atom is -0.455 e. The number of hydrogen-bond donors (Lipinski definition) is 0. The van der Waals surface area contributed by atoms with E-state index in [0.29, 0.717) is 17.5 Å². The summed E-state index contributed by atoms with van der Waals surface area (Å²) in [5.41, 5.74) is 15.5. The third-order valence-corrected chi connectivity index (χ3v) is 13.5. The second-order valence-corrected chi connectivity index (χ2v) is 17.5. The van der Waals surface area contributed by atoms with Gasteiger partial charge in [-0.2, -0.15) is 0 Å². The van der Waals surface area contributed by atoms with Crippen LogP contribution in [0.4, 0.5) is 0 Å². The van der Waals surface area contributed by atoms with Crippen LogP contribution in [0.1, 0.15) is 0 Å². The Bertz CT molecular complexity index is 4250. The zero-order valence-electron chi connectivity index (χ0n) is 37.0. The Morgan fingerprint density at radius 3 is 1.62 bits per heavy atom. The molecule has 0 saturated heterocycles. The summed E-state index contributed by atoms with van der Waals surface area (Å²) in [6.07, 6.45) is 0. The Kier molecular flexibility index (Phi) is 8.79. The molecule has 6 heteroatoms. The lowest BCUT2D eigenvalue weighted by Gasteiger charge is -2.15. The van der Waals surface area contributed by atoms with Crippen molar-refractivity contribution in [2.75, 3.05) is 0 Å². The first-order valence-electron chi connectivity index (χ1n) is 23.2. The van der Waals surface area contributed by atoms with Crippen molar-refractivity contribution in [3.05, 3.63) is 231 Å². The molecule has 0 aliphatic heterocycles. The second-order valence-electron chi connectivity index (χ2n) is 17.5. The highest BCUT2D eigenvalue weighted by Gasteiger charge is 2.25. The molecule has 0 N–H and O–H groups in total. The number of nitrogens with zero attached hydrogens (tertiary/aromatic N) is 4. The Labute approximate surface area is 396 Å². The first-order valence-corrected chi connectivity index (χ1v) is 23.2. The summed E-state index contributed by atoms with van der Waals surface area (Å²) in [6, 6.07) is 80.3. The predicted molar refractivity (Wildman–Crippen MR) is 281 cm³/mol. The first-order chi connectivity index (χ1) is 34.2. The van der Waals surface area contributed by atoms with Crippen molar-refractivity contribution in [1.29, 1.82) is 0 Å². The zero-order chi connectivity index (χ0) is 45.4. The van der Waals surface area contributed by atoms with Gasteiger partial charge in [0.2, 0.25) is 0 Å². The standard InChI is InChI=1S/C63H38N4O2/c1-4-17-39(18-5-1)42-33-35-53-51(38-42)46-25-10-12-30-52(46)67(53)54-36-34-48-47-26-11-13-31-55(47)68-60(48)58(54)50-29-15-28-49-57-45(27-16-32-56(57)69-59(49)50)43-23-14-24-44(37-43)63-65-61(40-19-6-2-7-20-40)64-62(66-63)41-21-8-3-9-22-41/h1-38H. The molecule has 14 aromatic rings. The summed E-state index contributed by atoms with van der Waals surface area (Å²) >= 11 is 0. The molecular weight excluding hydrogens is 845 g/mol. The average Bonchev–Trinajstić information content (AvgIpc) is 4.11. The van der Waals surface area contributed by atoms with E-state index < -0.39 is 0 Å². The van der Waals surface area contributed by atoms with Crippen molar-refractivity contribution in [3.8, 4) is 73.2 Å². The van der Waals surface area contributed by atoms with Crippen molar-refractivity contribution in [3.63, 3.8) is 0 Å². The van der Waals surface area contributed by atoms with Crippen LogP contribution in [-0.2, 0) is 0 Å². The van der Waals surface area contributed by atoms with Crippen molar-refractivity contribution in [1.82, 2.24) is 19.5 Å². The topological polar surface area (TPSA) is 69.9 Å². The average molecular weight is 883 g/mol. The van der Waals surface area contributed by atoms with E-state index >= 15 is 0 Å². The molecule has 4 aromatic heterocycles. The molecule has 0 bridgehead atoms. The fourth-order valence-electron chi connectivity index (χ4n) is 10.3. The van der Waals surface area contributed by atoms with Gasteiger partial charge < -0.3 is 13.4 Å². The fraction of sp³-hybridized carbons (Fsp3) is 0. The summed E-state index contributed by atoms with van der Waals surface area (Å²) in [5.74, 6) is 1.85. The summed E-state index contributed by atoms with van der Waals surface area (Å²) in [4.78, 5) is 15.0. The molecule has 6 nitrogen and oxygen atoms in total. The molecule has 0 atom stereocenters. The van der Waals surface area contributed by atoms with Crippen molar-refractivity contribution in [2.45, 2.75) is 0 Å². The Morgan fingerprint density at radius 2 is 0.855 bits per heavy atom. The summed E-state index contributed by atoms with van der Waals surface area (Å²) in [7, 11) is 0. The minimum absolute atomic E-state index is 0.601. The van der Waals surface area contributed by atoms with E-state index in [-0.39, 0.29) is 0 Å². The van der Waals surface area contributed by atoms with Crippen LogP contribution in [0.5, 0.6) is 0 Å². The number of benzene rings is 10. The summed E-state index contributed by atoms with van der Waals surface area (Å²) in [6.45, 7) is 0. The number of rotatable bonds is 7. The molecule has 0 spiro atoms. The SMILES string of the molecule is c1ccc(-c2ccc3c(c2)c2ccccc2n3-c2ccc3c(oc4ccccc43)c2-c2cccc3c2oc2cccc(-c4cccc(-c5nc(-c6ccccc6)nc(-c6ccccc6)n5)c4)c23)cc1. The highest BCUT2D eigenvalue weighted by Crippen LogP contribution is 2.47. The second kappa shape index (κ2) is 15.6. The van der Waals surface area contributed by atoms with E-state index in [2.05, 4.69) is 168 Å². The summed E-state index contributed by atoms with van der Waals surface area (Å²) < 4.78 is 16.4. The normalized spacial score (nSPS) is 11.8. The molecule has 0 aliphatic rings. The maximum absolute atomic E-state index is 7.10. The number of hydrogen-bond acceptors (Lipinski definition) is 5. The highest BCUT2D eigenvalue weighted by molar-refractivity contribution is 6.20. The number of furan rings is 2. The first kappa shape index (κ1) is 38.8. The van der Waals surface area contributed by atoms with Crippen LogP contribution >= 0.6 is 0 Å². The van der Waals surface area contributed by atoms with Crippen molar-refractivity contribution >= 4 is 65.7 Å². The van der Waals surface area contributed by atoms with Crippen LogP contribution in [0, 0.1) is 0 Å². The number of fused-ring (bicyclic) bond motifs is 9. The highest BCUT2D eigenvalue weighted by atomic mass is 16.3. The van der Waals surface area contributed by atoms with Crippen LogP contribution in [0.3, 0.4) is 0 Å². The molecule has 14 rings (SSSR count). The van der Waals surface area contributed by atoms with Gasteiger partial charge >= 0.3 is 0 Å². The van der Waals surface area contributed by atoms with E-state index in [0.717, 1.165) is 99.5 Å². The molecule has 0 unspecified atom stereocenters. The molecule has 0 radical (unpaired) electrons. The quantitative estimate of drug-likeness (QED) is 0.159. The molecule has 0 fully saturated rings. The minimum atomic E-state index is 0.601. The predicted octanol–water partition coefficient (Wildman–Crippen LogP) is 16.8. The van der Waals surface area contributed by atoms with Gasteiger partial charge in [0.15, 0.2) is 17.5 Å². The maximum atomic E-state index is 7.10. The van der Waals surface area contributed by atoms with Crippen molar-refractivity contribution in [2.24, 2.45) is 0 Å². The summed E-state index contributed by atoms with van der Waals surface area (Å²) in [5, 5.41) is 6.52. The van der Waals surface area contributed by atoms with Gasteiger partial charge in [0.05, 0.1) is 22.3 Å². The van der Waals surface area contributed by atoms with Crippen LogP contribution in [-0.4, -0.2) is 19.5 Å². The van der Waals surface area contributed by atoms with Gasteiger partial charge in [0.1, 0.15) is 22.3 Å². The Morgan fingerprint density at radius 1 is 0.304 bits per heavy atom. The molecule has 322 valence electrons. The number of aromatic nitrogens is 4. The monoisotopic (exact) mass is 882 g/mol. The zero-order valence-corrected chi connectivity index (χ0v) is 37.0. The lowest BCUT2D eigenvalue weighted by atomic mass is 9.95. The van der Waals surface area contributed by atoms with Crippen molar-refractivity contribution < 1.29 is 8.83 Å². The Hall–Kier alpha value is -9.39. The molecule has 0 saturated carbocycles. The lowest BCUT2D eigenvalue weighted by Crippen LogP contribution is -2.00. The largest absolute Gasteiger partial charge is 0.455 e. The number of para-hydroxylation sites is 3. The van der Waals surface area contributed by atoms with Gasteiger partial charge in [-0.15, -0.1) is 0 Å². The van der Waals surface area contributed by atoms with E-state index in [1.165, 1.54) is 21.9 Å². The molecule has 69 heavy (non-hydrogen) atoms. The lowest BCUT2D eigenvalue weighted by molar-refractivity contribution is 0.665. The van der Waals surface area contributed by atoms with Gasteiger partial charge in [0, 0.05) is 54.6 Å². The maximum Gasteiger partial charge on any atom is 0.164 e. The van der Waals surface area contributed by atoms with E-state index in [1.54, 1.807) is 0 Å². The van der Waals surface area contributed by atoms with Crippen LogP contribution < -0.4 is 0 Å². The molecule has 0 aliphatic carbocycles. The third-order valence-electron chi connectivity index (χ3n) is 13.5. The smallest absolute Gasteiger partial charge is 0.164 e. The van der Waals surface area contributed by atoms with Gasteiger partial charge in [-0.25, -0.2) is 15.0 Å². The van der Waals surface area contributed by atoms with E-state index in [9.17, 15) is 0 Å². The van der Waals surface area contributed by atoms with Crippen LogP contribution in [0.25, 0.3) is 139 Å². The molecule has 0 amide bonds. The Balaban J connectivity index is 0.979. The fourth-order valence-corrected chi connectivity index (χ4v) is 10.3. The van der Waals surface area contributed by atoms with Crippen LogP contribution in [0.15, 0.2) is 239 Å². The van der Waals surface area contributed by atoms with Gasteiger partial charge in [-0.05, 0) is 70.8 Å². The molecule has 10 aromatic carbocycles. The van der Waals surface area contributed by atoms with Gasteiger partial charge in [-0.3, -0.25) is 0 Å². The third kappa shape index (κ3) is 6.30. The van der Waals surface area contributed by atoms with Gasteiger partial charge in [0.25, 0.3) is 0 Å². The molecule has 4 heterocycles. The molecular formula is C63H38N4O2. The van der Waals surface area contributed by atoms with E-state index in [1.807, 2.05) is 66.7 Å². The van der Waals surface area contributed by atoms with Gasteiger partial charge in [-0.1, -0.05) is 182 Å². The van der Waals surface area contributed by atoms with E-state index in [4.69, 9.17) is 23.8 Å².